The summed E-state index contributed by atoms with van der Waals surface area (Å²) in [6.45, 7) is 2.68. The smallest absolute Gasteiger partial charge is 0.216 e. The molecule has 2 aliphatic heterocycles. The Labute approximate surface area is 108 Å². The van der Waals surface area contributed by atoms with Crippen molar-refractivity contribution in [2.24, 2.45) is 4.99 Å². The molecule has 0 spiro atoms. The van der Waals surface area contributed by atoms with Crippen molar-refractivity contribution in [3.05, 3.63) is 35.4 Å². The van der Waals surface area contributed by atoms with Crippen molar-refractivity contribution in [2.45, 2.75) is 31.7 Å². The SMILES string of the molecule is c1ccc(C2=NCCO2)c(CC2CCCCN2)c1. The molecule has 2 aliphatic rings. The fraction of sp³-hybridized carbons (Fsp3) is 0.533. The number of rotatable bonds is 3. The molecule has 0 aliphatic carbocycles. The standard InChI is InChI=1S/C15H20N2O/c1-2-7-14(15-17-9-10-18-15)12(5-1)11-13-6-3-4-8-16-13/h1-2,5,7,13,16H,3-4,6,8-11H2. The second-order valence-corrected chi connectivity index (χ2v) is 5.04. The van der Waals surface area contributed by atoms with Crippen molar-refractivity contribution in [2.75, 3.05) is 19.7 Å². The molecule has 0 amide bonds. The first-order valence-electron chi connectivity index (χ1n) is 6.92. The third-order valence-corrected chi connectivity index (χ3v) is 3.71. The second-order valence-electron chi connectivity index (χ2n) is 5.04. The monoisotopic (exact) mass is 244 g/mol. The van der Waals surface area contributed by atoms with Gasteiger partial charge in [-0.05, 0) is 37.4 Å². The van der Waals surface area contributed by atoms with E-state index >= 15 is 0 Å². The highest BCUT2D eigenvalue weighted by Gasteiger charge is 2.18. The summed E-state index contributed by atoms with van der Waals surface area (Å²) in [4.78, 5) is 4.43. The van der Waals surface area contributed by atoms with Gasteiger partial charge in [0.15, 0.2) is 0 Å². The van der Waals surface area contributed by atoms with Crippen LogP contribution >= 0.6 is 0 Å². The summed E-state index contributed by atoms with van der Waals surface area (Å²) < 4.78 is 5.60. The van der Waals surface area contributed by atoms with Crippen molar-refractivity contribution < 1.29 is 4.74 Å². The van der Waals surface area contributed by atoms with Crippen LogP contribution in [0.2, 0.25) is 0 Å². The molecule has 1 N–H and O–H groups in total. The molecule has 1 atom stereocenters. The lowest BCUT2D eigenvalue weighted by atomic mass is 9.95. The lowest BCUT2D eigenvalue weighted by Gasteiger charge is -2.24. The van der Waals surface area contributed by atoms with E-state index in [1.165, 1.54) is 30.4 Å². The molecule has 1 saturated heterocycles. The summed E-state index contributed by atoms with van der Waals surface area (Å²) in [7, 11) is 0. The zero-order chi connectivity index (χ0) is 12.2. The maximum absolute atomic E-state index is 5.60. The normalized spacial score (nSPS) is 23.6. The minimum atomic E-state index is 0.613. The summed E-state index contributed by atoms with van der Waals surface area (Å²) >= 11 is 0. The first-order valence-corrected chi connectivity index (χ1v) is 6.92. The van der Waals surface area contributed by atoms with E-state index in [2.05, 4.69) is 34.6 Å². The van der Waals surface area contributed by atoms with E-state index in [-0.39, 0.29) is 0 Å². The molecular weight excluding hydrogens is 224 g/mol. The fourth-order valence-electron chi connectivity index (χ4n) is 2.77. The number of piperidine rings is 1. The third-order valence-electron chi connectivity index (χ3n) is 3.71. The highest BCUT2D eigenvalue weighted by Crippen LogP contribution is 2.18. The highest BCUT2D eigenvalue weighted by atomic mass is 16.5. The lowest BCUT2D eigenvalue weighted by Crippen LogP contribution is -2.35. The Balaban J connectivity index is 1.78. The molecule has 3 rings (SSSR count). The summed E-state index contributed by atoms with van der Waals surface area (Å²) in [6, 6.07) is 9.12. The van der Waals surface area contributed by atoms with Gasteiger partial charge < -0.3 is 10.1 Å². The zero-order valence-electron chi connectivity index (χ0n) is 10.7. The Morgan fingerprint density at radius 1 is 1.28 bits per heavy atom. The van der Waals surface area contributed by atoms with Crippen LogP contribution in [0.25, 0.3) is 0 Å². The molecule has 0 radical (unpaired) electrons. The van der Waals surface area contributed by atoms with Gasteiger partial charge in [-0.25, -0.2) is 4.99 Å². The molecule has 0 aromatic heterocycles. The van der Waals surface area contributed by atoms with Gasteiger partial charge in [0.05, 0.1) is 6.54 Å². The van der Waals surface area contributed by atoms with Crippen molar-refractivity contribution in [3.63, 3.8) is 0 Å². The topological polar surface area (TPSA) is 33.6 Å². The Bertz CT molecular complexity index is 436. The molecule has 1 fully saturated rings. The Morgan fingerprint density at radius 2 is 2.22 bits per heavy atom. The van der Waals surface area contributed by atoms with Gasteiger partial charge in [0.1, 0.15) is 6.61 Å². The molecule has 1 aromatic rings. The van der Waals surface area contributed by atoms with Crippen LogP contribution in [0, 0.1) is 0 Å². The van der Waals surface area contributed by atoms with Crippen LogP contribution in [0.15, 0.2) is 29.3 Å². The first kappa shape index (κ1) is 11.7. The van der Waals surface area contributed by atoms with Crippen LogP contribution in [-0.4, -0.2) is 31.6 Å². The number of benzene rings is 1. The molecule has 18 heavy (non-hydrogen) atoms. The molecule has 1 aromatic carbocycles. The van der Waals surface area contributed by atoms with Crippen LogP contribution in [0.4, 0.5) is 0 Å². The minimum absolute atomic E-state index is 0.613. The van der Waals surface area contributed by atoms with Crippen LogP contribution < -0.4 is 5.32 Å². The third kappa shape index (κ3) is 2.56. The summed E-state index contributed by atoms with van der Waals surface area (Å²) in [6.07, 6.45) is 5.02. The predicted molar refractivity (Wildman–Crippen MR) is 73.1 cm³/mol. The van der Waals surface area contributed by atoms with E-state index < -0.39 is 0 Å². The van der Waals surface area contributed by atoms with E-state index in [1.807, 2.05) is 0 Å². The molecule has 96 valence electrons. The Morgan fingerprint density at radius 3 is 3.00 bits per heavy atom. The molecule has 3 heteroatoms. The van der Waals surface area contributed by atoms with Gasteiger partial charge in [-0.15, -0.1) is 0 Å². The van der Waals surface area contributed by atoms with Crippen LogP contribution in [0.3, 0.4) is 0 Å². The van der Waals surface area contributed by atoms with E-state index in [0.29, 0.717) is 6.04 Å². The average Bonchev–Trinajstić information content (AvgIpc) is 2.94. The largest absolute Gasteiger partial charge is 0.476 e. The van der Waals surface area contributed by atoms with Gasteiger partial charge in [0.2, 0.25) is 5.90 Å². The second kappa shape index (κ2) is 5.53. The number of hydrogen-bond acceptors (Lipinski definition) is 3. The van der Waals surface area contributed by atoms with Gasteiger partial charge >= 0.3 is 0 Å². The van der Waals surface area contributed by atoms with Gasteiger partial charge in [0, 0.05) is 11.6 Å². The van der Waals surface area contributed by atoms with Gasteiger partial charge in [-0.2, -0.15) is 0 Å². The van der Waals surface area contributed by atoms with Crippen molar-refractivity contribution in [3.8, 4) is 0 Å². The lowest BCUT2D eigenvalue weighted by molar-refractivity contribution is 0.347. The summed E-state index contributed by atoms with van der Waals surface area (Å²) in [5.41, 5.74) is 2.54. The van der Waals surface area contributed by atoms with Crippen molar-refractivity contribution in [1.29, 1.82) is 0 Å². The molecule has 0 saturated carbocycles. The number of hydrogen-bond donors (Lipinski definition) is 1. The molecule has 2 heterocycles. The molecule has 0 bridgehead atoms. The number of nitrogens with zero attached hydrogens (tertiary/aromatic N) is 1. The fourth-order valence-corrected chi connectivity index (χ4v) is 2.77. The summed E-state index contributed by atoms with van der Waals surface area (Å²) in [5, 5.41) is 3.60. The van der Waals surface area contributed by atoms with Crippen LogP contribution in [0.1, 0.15) is 30.4 Å². The quantitative estimate of drug-likeness (QED) is 0.884. The molecule has 1 unspecified atom stereocenters. The number of ether oxygens (including phenoxy) is 1. The zero-order valence-corrected chi connectivity index (χ0v) is 10.7. The van der Waals surface area contributed by atoms with E-state index in [4.69, 9.17) is 4.74 Å². The first-order chi connectivity index (χ1) is 8.93. The van der Waals surface area contributed by atoms with Crippen molar-refractivity contribution in [1.82, 2.24) is 5.32 Å². The maximum Gasteiger partial charge on any atom is 0.216 e. The maximum atomic E-state index is 5.60. The van der Waals surface area contributed by atoms with Crippen LogP contribution in [-0.2, 0) is 11.2 Å². The average molecular weight is 244 g/mol. The van der Waals surface area contributed by atoms with E-state index in [9.17, 15) is 0 Å². The minimum Gasteiger partial charge on any atom is -0.476 e. The molecule has 3 nitrogen and oxygen atoms in total. The highest BCUT2D eigenvalue weighted by molar-refractivity contribution is 5.96. The molecular formula is C15H20N2O. The Hall–Kier alpha value is -1.35. The van der Waals surface area contributed by atoms with Gasteiger partial charge in [0.25, 0.3) is 0 Å². The summed E-state index contributed by atoms with van der Waals surface area (Å²) in [5.74, 6) is 0.835. The Kier molecular flexibility index (Phi) is 3.60. The number of nitrogens with one attached hydrogen (secondary N) is 1. The predicted octanol–water partition coefficient (Wildman–Crippen LogP) is 2.15. The van der Waals surface area contributed by atoms with Gasteiger partial charge in [-0.3, -0.25) is 0 Å². The van der Waals surface area contributed by atoms with Crippen LogP contribution in [0.5, 0.6) is 0 Å². The van der Waals surface area contributed by atoms with E-state index in [0.717, 1.165) is 32.0 Å². The van der Waals surface area contributed by atoms with Gasteiger partial charge in [-0.1, -0.05) is 24.6 Å². The number of aliphatic imine (C=N–C) groups is 1. The van der Waals surface area contributed by atoms with Crippen molar-refractivity contribution >= 4 is 5.90 Å². The van der Waals surface area contributed by atoms with E-state index in [1.54, 1.807) is 0 Å².